The van der Waals surface area contributed by atoms with Crippen molar-refractivity contribution in [3.8, 4) is 0 Å². The van der Waals surface area contributed by atoms with Gasteiger partial charge in [0.05, 0.1) is 24.2 Å². The van der Waals surface area contributed by atoms with Gasteiger partial charge in [0.1, 0.15) is 24.3 Å². The lowest BCUT2D eigenvalue weighted by atomic mass is 9.43. The molecule has 0 spiro atoms. The standard InChI is InChI=1S/C28H35NO7/c1-17(31)21-13-22(35-26(33)18-7-5-4-6-8-18)24(32)25-27(21,2)11-9-20(15-30)28(25,3)14-23(36-29)19-10-12-34-16-19/h4-8,10,12,15-16,20-25,32H,9,11,13-14,29H2,1-3H3/t20-,21-,22-,23?,24-,25?,27-,28-/m0/s1. The summed E-state index contributed by atoms with van der Waals surface area (Å²) in [6.45, 7) is 5.50. The van der Waals surface area contributed by atoms with E-state index in [4.69, 9.17) is 19.9 Å². The van der Waals surface area contributed by atoms with Gasteiger partial charge < -0.3 is 19.1 Å². The molecule has 4 rings (SSSR count). The van der Waals surface area contributed by atoms with Crippen LogP contribution in [0.2, 0.25) is 0 Å². The van der Waals surface area contributed by atoms with E-state index in [9.17, 15) is 19.5 Å². The van der Waals surface area contributed by atoms with E-state index in [1.165, 1.54) is 6.26 Å². The summed E-state index contributed by atoms with van der Waals surface area (Å²) < 4.78 is 11.0. The fourth-order valence-electron chi connectivity index (χ4n) is 7.09. The number of furan rings is 1. The Bertz CT molecular complexity index is 1070. The number of esters is 1. The quantitative estimate of drug-likeness (QED) is 0.318. The molecule has 0 amide bonds. The molecule has 0 radical (unpaired) electrons. The van der Waals surface area contributed by atoms with Crippen LogP contribution < -0.4 is 5.90 Å². The highest BCUT2D eigenvalue weighted by molar-refractivity contribution is 5.89. The molecule has 0 saturated heterocycles. The summed E-state index contributed by atoms with van der Waals surface area (Å²) in [5.74, 6) is 3.71. The van der Waals surface area contributed by atoms with Gasteiger partial charge in [0.15, 0.2) is 0 Å². The first-order valence-corrected chi connectivity index (χ1v) is 12.4. The SMILES string of the molecule is CC(=O)[C@@H]1C[C@H](OC(=O)c2ccccc2)[C@H](O)C2[C@@](C)(CC(ON)c3ccoc3)[C@H](C=O)CC[C@]21C. The number of ether oxygens (including phenoxy) is 1. The summed E-state index contributed by atoms with van der Waals surface area (Å²) in [4.78, 5) is 43.5. The number of Topliss-reactive ketones (excluding diaryl/α,β-unsaturated/α-hetero) is 1. The molecule has 8 atom stereocenters. The lowest BCUT2D eigenvalue weighted by Gasteiger charge is -2.62. The minimum absolute atomic E-state index is 0.0245. The average molecular weight is 498 g/mol. The summed E-state index contributed by atoms with van der Waals surface area (Å²) in [6, 6.07) is 10.3. The molecule has 8 nitrogen and oxygen atoms in total. The van der Waals surface area contributed by atoms with Crippen molar-refractivity contribution in [1.29, 1.82) is 0 Å². The monoisotopic (exact) mass is 497 g/mol. The third-order valence-corrected chi connectivity index (χ3v) is 8.88. The van der Waals surface area contributed by atoms with E-state index < -0.39 is 52.9 Å². The zero-order valence-corrected chi connectivity index (χ0v) is 21.0. The van der Waals surface area contributed by atoms with Crippen molar-refractivity contribution in [2.45, 2.75) is 64.8 Å². The van der Waals surface area contributed by atoms with Crippen molar-refractivity contribution in [2.24, 2.45) is 34.5 Å². The summed E-state index contributed by atoms with van der Waals surface area (Å²) in [7, 11) is 0. The van der Waals surface area contributed by atoms with Gasteiger partial charge in [-0.1, -0.05) is 32.0 Å². The van der Waals surface area contributed by atoms with Crippen LogP contribution >= 0.6 is 0 Å². The molecular formula is C28H35NO7. The van der Waals surface area contributed by atoms with Crippen LogP contribution in [0.1, 0.15) is 68.5 Å². The third kappa shape index (κ3) is 4.53. The maximum atomic E-state index is 12.9. The summed E-state index contributed by atoms with van der Waals surface area (Å²) >= 11 is 0. The molecule has 0 aliphatic heterocycles. The van der Waals surface area contributed by atoms with Gasteiger partial charge in [0, 0.05) is 23.3 Å². The van der Waals surface area contributed by atoms with Crippen LogP contribution in [0.25, 0.3) is 0 Å². The molecule has 3 N–H and O–H groups in total. The molecule has 194 valence electrons. The van der Waals surface area contributed by atoms with Gasteiger partial charge in [-0.2, -0.15) is 0 Å². The Labute approximate surface area is 211 Å². The molecule has 2 aliphatic carbocycles. The second-order valence-electron chi connectivity index (χ2n) is 10.9. The van der Waals surface area contributed by atoms with Crippen LogP contribution in [-0.2, 0) is 19.2 Å². The van der Waals surface area contributed by atoms with Crippen LogP contribution in [0.3, 0.4) is 0 Å². The highest BCUT2D eigenvalue weighted by Crippen LogP contribution is 2.64. The van der Waals surface area contributed by atoms with Crippen molar-refractivity contribution in [3.05, 3.63) is 60.1 Å². The van der Waals surface area contributed by atoms with Crippen molar-refractivity contribution >= 4 is 18.0 Å². The molecule has 1 heterocycles. The molecule has 0 bridgehead atoms. The number of carbonyl (C=O) groups is 3. The minimum Gasteiger partial charge on any atom is -0.472 e. The summed E-state index contributed by atoms with van der Waals surface area (Å²) in [5, 5.41) is 11.8. The number of hydrogen-bond acceptors (Lipinski definition) is 8. The Morgan fingerprint density at radius 1 is 1.25 bits per heavy atom. The maximum absolute atomic E-state index is 12.9. The van der Waals surface area contributed by atoms with Crippen molar-refractivity contribution in [1.82, 2.24) is 0 Å². The smallest absolute Gasteiger partial charge is 0.338 e. The van der Waals surface area contributed by atoms with E-state index in [1.807, 2.05) is 13.8 Å². The van der Waals surface area contributed by atoms with Gasteiger partial charge in [-0.05, 0) is 61.6 Å². The Morgan fingerprint density at radius 3 is 2.56 bits per heavy atom. The zero-order chi connectivity index (χ0) is 26.1. The fourth-order valence-corrected chi connectivity index (χ4v) is 7.09. The topological polar surface area (TPSA) is 129 Å². The van der Waals surface area contributed by atoms with Gasteiger partial charge in [0.2, 0.25) is 0 Å². The molecule has 2 saturated carbocycles. The van der Waals surface area contributed by atoms with Crippen LogP contribution in [0.4, 0.5) is 0 Å². The van der Waals surface area contributed by atoms with Gasteiger partial charge in [0.25, 0.3) is 0 Å². The van der Waals surface area contributed by atoms with Gasteiger partial charge in [-0.15, -0.1) is 0 Å². The highest BCUT2D eigenvalue weighted by atomic mass is 16.6. The number of aliphatic hydroxyl groups excluding tert-OH is 1. The van der Waals surface area contributed by atoms with E-state index in [1.54, 1.807) is 49.6 Å². The number of benzene rings is 1. The van der Waals surface area contributed by atoms with Crippen LogP contribution in [0.5, 0.6) is 0 Å². The molecule has 1 aromatic heterocycles. The molecule has 2 unspecified atom stereocenters. The van der Waals surface area contributed by atoms with E-state index in [0.29, 0.717) is 24.8 Å². The predicted molar refractivity (Wildman–Crippen MR) is 130 cm³/mol. The number of fused-ring (bicyclic) bond motifs is 1. The van der Waals surface area contributed by atoms with Gasteiger partial charge in [-0.25, -0.2) is 10.7 Å². The Hall–Kier alpha value is -2.81. The Balaban J connectivity index is 1.74. The van der Waals surface area contributed by atoms with Crippen LogP contribution in [0, 0.1) is 28.6 Å². The van der Waals surface area contributed by atoms with Crippen molar-refractivity contribution in [3.63, 3.8) is 0 Å². The number of rotatable bonds is 8. The lowest BCUT2D eigenvalue weighted by molar-refractivity contribution is -0.209. The molecule has 1 aromatic carbocycles. The van der Waals surface area contributed by atoms with Crippen molar-refractivity contribution in [2.75, 3.05) is 0 Å². The molecule has 2 aromatic rings. The maximum Gasteiger partial charge on any atom is 0.338 e. The van der Waals surface area contributed by atoms with Gasteiger partial charge in [-0.3, -0.25) is 9.63 Å². The second kappa shape index (κ2) is 10.3. The first-order chi connectivity index (χ1) is 17.2. The summed E-state index contributed by atoms with van der Waals surface area (Å²) in [5.41, 5.74) is -0.326. The fraction of sp³-hybridized carbons (Fsp3) is 0.536. The van der Waals surface area contributed by atoms with E-state index in [2.05, 4.69) is 0 Å². The normalized spacial score (nSPS) is 34.9. The van der Waals surface area contributed by atoms with E-state index in [0.717, 1.165) is 11.8 Å². The minimum atomic E-state index is -1.09. The molecular weight excluding hydrogens is 462 g/mol. The Morgan fingerprint density at radius 2 is 1.97 bits per heavy atom. The average Bonchev–Trinajstić information content (AvgIpc) is 3.39. The first-order valence-electron chi connectivity index (χ1n) is 12.4. The lowest BCUT2D eigenvalue weighted by Crippen LogP contribution is -2.64. The van der Waals surface area contributed by atoms with E-state index >= 15 is 0 Å². The van der Waals surface area contributed by atoms with Gasteiger partial charge >= 0.3 is 5.97 Å². The predicted octanol–water partition coefficient (Wildman–Crippen LogP) is 4.03. The number of hydrogen-bond donors (Lipinski definition) is 2. The highest BCUT2D eigenvalue weighted by Gasteiger charge is 2.64. The first kappa shape index (κ1) is 26.3. The van der Waals surface area contributed by atoms with Crippen molar-refractivity contribution < 1.29 is 33.5 Å². The number of aldehydes is 1. The molecule has 8 heteroatoms. The number of aliphatic hydroxyl groups is 1. The van der Waals surface area contributed by atoms with Crippen LogP contribution in [0.15, 0.2) is 53.3 Å². The molecule has 36 heavy (non-hydrogen) atoms. The molecule has 2 fully saturated rings. The second-order valence-corrected chi connectivity index (χ2v) is 10.9. The molecule has 2 aliphatic rings. The van der Waals surface area contributed by atoms with E-state index in [-0.39, 0.29) is 12.2 Å². The third-order valence-electron chi connectivity index (χ3n) is 8.88. The largest absolute Gasteiger partial charge is 0.472 e. The number of nitrogens with two attached hydrogens (primary N) is 1. The van der Waals surface area contributed by atoms with Crippen LogP contribution in [-0.4, -0.2) is 35.4 Å². The number of carbonyl (C=O) groups excluding carboxylic acids is 3. The summed E-state index contributed by atoms with van der Waals surface area (Å²) in [6.07, 6.45) is 3.11. The number of ketones is 1. The Kier molecular flexibility index (Phi) is 7.50. The zero-order valence-electron chi connectivity index (χ0n) is 21.0.